The summed E-state index contributed by atoms with van der Waals surface area (Å²) in [7, 11) is -3.61. The summed E-state index contributed by atoms with van der Waals surface area (Å²) in [4.78, 5) is 12.9. The summed E-state index contributed by atoms with van der Waals surface area (Å²) < 4.78 is 27.4. The average Bonchev–Trinajstić information content (AvgIpc) is 3.41. The minimum absolute atomic E-state index is 0.176. The van der Waals surface area contributed by atoms with E-state index < -0.39 is 15.9 Å². The van der Waals surface area contributed by atoms with Crippen LogP contribution in [0.15, 0.2) is 47.4 Å². The first kappa shape index (κ1) is 20.6. The third-order valence-electron chi connectivity index (χ3n) is 5.08. The van der Waals surface area contributed by atoms with Gasteiger partial charge in [0.05, 0.1) is 4.90 Å². The second-order valence-corrected chi connectivity index (χ2v) is 10.2. The normalized spacial score (nSPS) is 14.7. The van der Waals surface area contributed by atoms with E-state index in [0.717, 1.165) is 24.0 Å². The van der Waals surface area contributed by atoms with Gasteiger partial charge in [0, 0.05) is 24.2 Å². The predicted octanol–water partition coefficient (Wildman–Crippen LogP) is 3.86. The summed E-state index contributed by atoms with van der Waals surface area (Å²) in [6.07, 6.45) is 1.72. The Balaban J connectivity index is 1.55. The monoisotopic (exact) mass is 442 g/mol. The van der Waals surface area contributed by atoms with Crippen LogP contribution in [0.5, 0.6) is 0 Å². The molecular weight excluding hydrogens is 420 g/mol. The van der Waals surface area contributed by atoms with E-state index in [1.54, 1.807) is 19.1 Å². The molecule has 0 unspecified atom stereocenters. The Morgan fingerprint density at radius 3 is 2.43 bits per heavy atom. The first-order chi connectivity index (χ1) is 14.3. The molecule has 0 saturated carbocycles. The van der Waals surface area contributed by atoms with Gasteiger partial charge in [0.25, 0.3) is 5.91 Å². The summed E-state index contributed by atoms with van der Waals surface area (Å²) in [6, 6.07) is 12.6. The molecule has 2 aromatic carbocycles. The number of carbonyl (C=O) groups is 1. The van der Waals surface area contributed by atoms with Gasteiger partial charge in [0.15, 0.2) is 0 Å². The minimum Gasteiger partial charge on any atom is -0.296 e. The summed E-state index contributed by atoms with van der Waals surface area (Å²) in [5.74, 6) is -0.417. The zero-order valence-electron chi connectivity index (χ0n) is 16.8. The van der Waals surface area contributed by atoms with Crippen molar-refractivity contribution in [1.29, 1.82) is 0 Å². The van der Waals surface area contributed by atoms with Crippen LogP contribution in [-0.2, 0) is 10.0 Å². The molecule has 1 amide bonds. The molecule has 0 spiro atoms. The number of amides is 1. The van der Waals surface area contributed by atoms with E-state index in [4.69, 9.17) is 0 Å². The number of aromatic nitrogens is 2. The molecule has 0 aliphatic carbocycles. The molecule has 1 saturated heterocycles. The largest absolute Gasteiger partial charge is 0.296 e. The smallest absolute Gasteiger partial charge is 0.257 e. The zero-order chi connectivity index (χ0) is 21.3. The molecule has 0 atom stereocenters. The lowest BCUT2D eigenvalue weighted by molar-refractivity contribution is 0.102. The summed E-state index contributed by atoms with van der Waals surface area (Å²) in [6.45, 7) is 4.79. The van der Waals surface area contributed by atoms with E-state index in [9.17, 15) is 13.2 Å². The number of rotatable bonds is 5. The number of aryl methyl sites for hydroxylation is 2. The highest BCUT2D eigenvalue weighted by Crippen LogP contribution is 2.28. The fourth-order valence-corrected chi connectivity index (χ4v) is 5.85. The number of nitrogens with one attached hydrogen (secondary N) is 1. The standard InChI is InChI=1S/C21H22N4O3S2/c1-14-5-8-16(9-6-14)20-23-24-21(29-20)22-19(26)17-10-7-15(2)18(13-17)30(27,28)25-11-3-4-12-25/h5-10,13H,3-4,11-12H2,1-2H3,(H,22,24,26). The van der Waals surface area contributed by atoms with Crippen molar-refractivity contribution in [2.24, 2.45) is 0 Å². The lowest BCUT2D eigenvalue weighted by atomic mass is 10.1. The number of benzene rings is 2. The summed E-state index contributed by atoms with van der Waals surface area (Å²) in [5, 5.41) is 12.0. The van der Waals surface area contributed by atoms with E-state index in [-0.39, 0.29) is 10.5 Å². The topological polar surface area (TPSA) is 92.3 Å². The first-order valence-electron chi connectivity index (χ1n) is 9.67. The summed E-state index contributed by atoms with van der Waals surface area (Å²) >= 11 is 1.27. The number of sulfonamides is 1. The van der Waals surface area contributed by atoms with Crippen molar-refractivity contribution in [3.05, 3.63) is 59.2 Å². The number of hydrogen-bond donors (Lipinski definition) is 1. The van der Waals surface area contributed by atoms with Gasteiger partial charge in [-0.3, -0.25) is 10.1 Å². The molecule has 1 N–H and O–H groups in total. The molecule has 1 aliphatic heterocycles. The number of carbonyl (C=O) groups excluding carboxylic acids is 1. The van der Waals surface area contributed by atoms with Crippen LogP contribution in [0, 0.1) is 13.8 Å². The van der Waals surface area contributed by atoms with Crippen molar-refractivity contribution in [2.75, 3.05) is 18.4 Å². The Hall–Kier alpha value is -2.62. The number of hydrogen-bond acceptors (Lipinski definition) is 6. The SMILES string of the molecule is Cc1ccc(-c2nnc(NC(=O)c3ccc(C)c(S(=O)(=O)N4CCCC4)c3)s2)cc1. The molecule has 4 rings (SSSR count). The Kier molecular flexibility index (Phi) is 5.68. The van der Waals surface area contributed by atoms with Crippen LogP contribution in [0.1, 0.15) is 34.3 Å². The van der Waals surface area contributed by atoms with Gasteiger partial charge in [-0.05, 0) is 44.4 Å². The summed E-state index contributed by atoms with van der Waals surface area (Å²) in [5.41, 5.74) is 2.96. The minimum atomic E-state index is -3.61. The maximum atomic E-state index is 12.9. The van der Waals surface area contributed by atoms with Gasteiger partial charge >= 0.3 is 0 Å². The third kappa shape index (κ3) is 4.14. The second kappa shape index (κ2) is 8.25. The predicted molar refractivity (Wildman–Crippen MR) is 117 cm³/mol. The highest BCUT2D eigenvalue weighted by molar-refractivity contribution is 7.89. The van der Waals surface area contributed by atoms with Crippen LogP contribution in [0.25, 0.3) is 10.6 Å². The van der Waals surface area contributed by atoms with Crippen LogP contribution < -0.4 is 5.32 Å². The molecule has 9 heteroatoms. The Labute approximate surface area is 179 Å². The molecule has 0 bridgehead atoms. The molecule has 1 fully saturated rings. The molecule has 0 radical (unpaired) electrons. The van der Waals surface area contributed by atoms with Crippen molar-refractivity contribution in [3.8, 4) is 10.6 Å². The zero-order valence-corrected chi connectivity index (χ0v) is 18.4. The average molecular weight is 443 g/mol. The molecule has 1 aliphatic rings. The van der Waals surface area contributed by atoms with Crippen LogP contribution in [0.2, 0.25) is 0 Å². The molecule has 1 aromatic heterocycles. The highest BCUT2D eigenvalue weighted by Gasteiger charge is 2.29. The Bertz CT molecular complexity index is 1180. The fourth-order valence-electron chi connectivity index (χ4n) is 3.34. The van der Waals surface area contributed by atoms with E-state index in [1.807, 2.05) is 31.2 Å². The Morgan fingerprint density at radius 1 is 1.03 bits per heavy atom. The third-order valence-corrected chi connectivity index (χ3v) is 8.01. The Morgan fingerprint density at radius 2 is 1.73 bits per heavy atom. The van der Waals surface area contributed by atoms with Gasteiger partial charge in [-0.1, -0.05) is 47.2 Å². The van der Waals surface area contributed by atoms with Gasteiger partial charge in [0.2, 0.25) is 15.2 Å². The quantitative estimate of drug-likeness (QED) is 0.648. The lowest BCUT2D eigenvalue weighted by Gasteiger charge is -2.17. The van der Waals surface area contributed by atoms with Crippen molar-refractivity contribution in [2.45, 2.75) is 31.6 Å². The molecule has 7 nitrogen and oxygen atoms in total. The fraction of sp³-hybridized carbons (Fsp3) is 0.286. The lowest BCUT2D eigenvalue weighted by Crippen LogP contribution is -2.28. The van der Waals surface area contributed by atoms with Crippen molar-refractivity contribution < 1.29 is 13.2 Å². The van der Waals surface area contributed by atoms with Crippen LogP contribution in [0.4, 0.5) is 5.13 Å². The van der Waals surface area contributed by atoms with Gasteiger partial charge < -0.3 is 0 Å². The molecular formula is C21H22N4O3S2. The van der Waals surface area contributed by atoms with E-state index >= 15 is 0 Å². The van der Waals surface area contributed by atoms with Crippen molar-refractivity contribution in [1.82, 2.24) is 14.5 Å². The van der Waals surface area contributed by atoms with Crippen molar-refractivity contribution in [3.63, 3.8) is 0 Å². The van der Waals surface area contributed by atoms with Gasteiger partial charge in [0.1, 0.15) is 5.01 Å². The number of nitrogens with zero attached hydrogens (tertiary/aromatic N) is 3. The van der Waals surface area contributed by atoms with E-state index in [1.165, 1.54) is 21.7 Å². The maximum Gasteiger partial charge on any atom is 0.257 e. The van der Waals surface area contributed by atoms with Gasteiger partial charge in [-0.15, -0.1) is 10.2 Å². The molecule has 2 heterocycles. The molecule has 156 valence electrons. The van der Waals surface area contributed by atoms with Gasteiger partial charge in [-0.25, -0.2) is 8.42 Å². The van der Waals surface area contributed by atoms with E-state index in [0.29, 0.717) is 28.8 Å². The van der Waals surface area contributed by atoms with Crippen LogP contribution in [0.3, 0.4) is 0 Å². The first-order valence-corrected chi connectivity index (χ1v) is 11.9. The van der Waals surface area contributed by atoms with Crippen molar-refractivity contribution >= 4 is 32.4 Å². The van der Waals surface area contributed by atoms with Gasteiger partial charge in [-0.2, -0.15) is 4.31 Å². The van der Waals surface area contributed by atoms with Crippen LogP contribution >= 0.6 is 11.3 Å². The maximum absolute atomic E-state index is 12.9. The molecule has 30 heavy (non-hydrogen) atoms. The molecule has 3 aromatic rings. The number of anilines is 1. The van der Waals surface area contributed by atoms with E-state index in [2.05, 4.69) is 15.5 Å². The second-order valence-electron chi connectivity index (χ2n) is 7.32. The highest BCUT2D eigenvalue weighted by atomic mass is 32.2. The van der Waals surface area contributed by atoms with Crippen LogP contribution in [-0.4, -0.2) is 41.9 Å².